The van der Waals surface area contributed by atoms with Gasteiger partial charge in [0.15, 0.2) is 0 Å². The number of nitrogens with zero attached hydrogens (tertiary/aromatic N) is 1. The van der Waals surface area contributed by atoms with E-state index in [0.29, 0.717) is 12.5 Å². The first-order valence-electron chi connectivity index (χ1n) is 4.83. The maximum Gasteiger partial charge on any atom is 0.0594 e. The third kappa shape index (κ3) is 1.63. The van der Waals surface area contributed by atoms with Crippen molar-refractivity contribution in [1.82, 2.24) is 4.90 Å². The van der Waals surface area contributed by atoms with E-state index >= 15 is 0 Å². The van der Waals surface area contributed by atoms with Crippen LogP contribution in [-0.2, 0) is 4.74 Å². The third-order valence-corrected chi connectivity index (χ3v) is 3.03. The molecule has 0 unspecified atom stereocenters. The van der Waals surface area contributed by atoms with E-state index in [2.05, 4.69) is 4.90 Å². The van der Waals surface area contributed by atoms with Crippen LogP contribution in [0.3, 0.4) is 0 Å². The van der Waals surface area contributed by atoms with E-state index < -0.39 is 0 Å². The highest BCUT2D eigenvalue weighted by Gasteiger charge is 2.33. The molecule has 0 aromatic rings. The van der Waals surface area contributed by atoms with E-state index in [1.165, 1.54) is 12.8 Å². The van der Waals surface area contributed by atoms with Gasteiger partial charge < -0.3 is 9.84 Å². The van der Waals surface area contributed by atoms with Crippen LogP contribution in [0.5, 0.6) is 0 Å². The number of rotatable bonds is 2. The second-order valence-electron chi connectivity index (χ2n) is 3.82. The molecule has 1 saturated heterocycles. The molecular formula is C9H17NO2. The molecule has 0 bridgehead atoms. The number of ether oxygens (including phenoxy) is 1. The van der Waals surface area contributed by atoms with Gasteiger partial charge in [0.1, 0.15) is 0 Å². The van der Waals surface area contributed by atoms with Crippen molar-refractivity contribution in [3.63, 3.8) is 0 Å². The number of hydrogen-bond acceptors (Lipinski definition) is 3. The molecule has 0 atom stereocenters. The minimum absolute atomic E-state index is 0.376. The second kappa shape index (κ2) is 3.73. The van der Waals surface area contributed by atoms with E-state index in [1.807, 2.05) is 0 Å². The SMILES string of the molecule is OCC1CC(N2CCOCC2)C1. The Bertz CT molecular complexity index is 139. The summed E-state index contributed by atoms with van der Waals surface area (Å²) in [6.45, 7) is 4.33. The van der Waals surface area contributed by atoms with Gasteiger partial charge in [0, 0.05) is 25.7 Å². The summed E-state index contributed by atoms with van der Waals surface area (Å²) in [5.74, 6) is 0.581. The van der Waals surface area contributed by atoms with Crippen LogP contribution in [0.1, 0.15) is 12.8 Å². The largest absolute Gasteiger partial charge is 0.396 e. The zero-order chi connectivity index (χ0) is 8.39. The molecule has 2 rings (SSSR count). The molecule has 0 radical (unpaired) electrons. The highest BCUT2D eigenvalue weighted by molar-refractivity contribution is 4.87. The Balaban J connectivity index is 1.72. The van der Waals surface area contributed by atoms with E-state index in [4.69, 9.17) is 9.84 Å². The Morgan fingerprint density at radius 2 is 1.92 bits per heavy atom. The van der Waals surface area contributed by atoms with Gasteiger partial charge in [0.2, 0.25) is 0 Å². The first kappa shape index (κ1) is 8.48. The van der Waals surface area contributed by atoms with Crippen LogP contribution >= 0.6 is 0 Å². The zero-order valence-electron chi connectivity index (χ0n) is 7.41. The first-order valence-corrected chi connectivity index (χ1v) is 4.83. The highest BCUT2D eigenvalue weighted by Crippen LogP contribution is 2.31. The highest BCUT2D eigenvalue weighted by atomic mass is 16.5. The van der Waals surface area contributed by atoms with Crippen LogP contribution in [0, 0.1) is 5.92 Å². The smallest absolute Gasteiger partial charge is 0.0594 e. The lowest BCUT2D eigenvalue weighted by molar-refractivity contribution is -0.0257. The van der Waals surface area contributed by atoms with Crippen LogP contribution < -0.4 is 0 Å². The van der Waals surface area contributed by atoms with Crippen molar-refractivity contribution in [2.24, 2.45) is 5.92 Å². The predicted molar refractivity (Wildman–Crippen MR) is 46.0 cm³/mol. The summed E-state index contributed by atoms with van der Waals surface area (Å²) in [5.41, 5.74) is 0. The maximum absolute atomic E-state index is 8.86. The fraction of sp³-hybridized carbons (Fsp3) is 1.00. The Kier molecular flexibility index (Phi) is 2.63. The quantitative estimate of drug-likeness (QED) is 0.639. The minimum atomic E-state index is 0.376. The molecule has 2 fully saturated rings. The second-order valence-corrected chi connectivity index (χ2v) is 3.82. The Morgan fingerprint density at radius 1 is 1.25 bits per heavy atom. The number of hydrogen-bond donors (Lipinski definition) is 1. The summed E-state index contributed by atoms with van der Waals surface area (Å²) in [7, 11) is 0. The lowest BCUT2D eigenvalue weighted by Gasteiger charge is -2.43. The summed E-state index contributed by atoms with van der Waals surface area (Å²) in [6.07, 6.45) is 2.38. The van der Waals surface area contributed by atoms with Gasteiger partial charge in [0.25, 0.3) is 0 Å². The van der Waals surface area contributed by atoms with Crippen molar-refractivity contribution in [1.29, 1.82) is 0 Å². The molecule has 70 valence electrons. The van der Waals surface area contributed by atoms with Gasteiger partial charge in [0.05, 0.1) is 13.2 Å². The molecule has 1 heterocycles. The summed E-state index contributed by atoms with van der Waals surface area (Å²) < 4.78 is 5.28. The van der Waals surface area contributed by atoms with Gasteiger partial charge in [-0.25, -0.2) is 0 Å². The molecule has 0 aromatic heterocycles. The molecule has 0 aromatic carbocycles. The van der Waals surface area contributed by atoms with Crippen molar-refractivity contribution < 1.29 is 9.84 Å². The molecule has 0 amide bonds. The maximum atomic E-state index is 8.86. The zero-order valence-corrected chi connectivity index (χ0v) is 7.41. The van der Waals surface area contributed by atoms with Crippen LogP contribution in [-0.4, -0.2) is 49.0 Å². The van der Waals surface area contributed by atoms with E-state index in [1.54, 1.807) is 0 Å². The van der Waals surface area contributed by atoms with Crippen molar-refractivity contribution in [3.8, 4) is 0 Å². The lowest BCUT2D eigenvalue weighted by Crippen LogP contribution is -2.50. The normalized spacial score (nSPS) is 37.8. The molecule has 1 saturated carbocycles. The lowest BCUT2D eigenvalue weighted by atomic mass is 9.80. The number of aliphatic hydroxyl groups excluding tert-OH is 1. The fourth-order valence-corrected chi connectivity index (χ4v) is 2.09. The summed E-state index contributed by atoms with van der Waals surface area (Å²) in [5, 5.41) is 8.86. The van der Waals surface area contributed by atoms with Crippen molar-refractivity contribution in [3.05, 3.63) is 0 Å². The van der Waals surface area contributed by atoms with E-state index in [-0.39, 0.29) is 0 Å². The average Bonchev–Trinajstić information content (AvgIpc) is 2.04. The third-order valence-electron chi connectivity index (χ3n) is 3.03. The molecule has 0 spiro atoms. The van der Waals surface area contributed by atoms with Gasteiger partial charge in [-0.05, 0) is 18.8 Å². The molecule has 1 aliphatic carbocycles. The molecule has 1 aliphatic heterocycles. The molecule has 3 nitrogen and oxygen atoms in total. The van der Waals surface area contributed by atoms with Gasteiger partial charge >= 0.3 is 0 Å². The average molecular weight is 171 g/mol. The van der Waals surface area contributed by atoms with Crippen LogP contribution in [0.25, 0.3) is 0 Å². The topological polar surface area (TPSA) is 32.7 Å². The van der Waals surface area contributed by atoms with Gasteiger partial charge in [-0.3, -0.25) is 4.90 Å². The Morgan fingerprint density at radius 3 is 2.50 bits per heavy atom. The minimum Gasteiger partial charge on any atom is -0.396 e. The van der Waals surface area contributed by atoms with Crippen LogP contribution in [0.4, 0.5) is 0 Å². The van der Waals surface area contributed by atoms with Crippen LogP contribution in [0.15, 0.2) is 0 Å². The number of morpholine rings is 1. The summed E-state index contributed by atoms with van der Waals surface area (Å²) in [6, 6.07) is 0.742. The van der Waals surface area contributed by atoms with Gasteiger partial charge in [-0.1, -0.05) is 0 Å². The van der Waals surface area contributed by atoms with Gasteiger partial charge in [-0.2, -0.15) is 0 Å². The fourth-order valence-electron chi connectivity index (χ4n) is 2.09. The van der Waals surface area contributed by atoms with Crippen molar-refractivity contribution >= 4 is 0 Å². The van der Waals surface area contributed by atoms with E-state index in [9.17, 15) is 0 Å². The van der Waals surface area contributed by atoms with Gasteiger partial charge in [-0.15, -0.1) is 0 Å². The van der Waals surface area contributed by atoms with Crippen LogP contribution in [0.2, 0.25) is 0 Å². The monoisotopic (exact) mass is 171 g/mol. The summed E-state index contributed by atoms with van der Waals surface area (Å²) in [4.78, 5) is 2.50. The standard InChI is InChI=1S/C9H17NO2/c11-7-8-5-9(6-8)10-1-3-12-4-2-10/h8-9,11H,1-7H2. The predicted octanol–water partition coefficient (Wildman–Crippen LogP) is 0.0895. The Hall–Kier alpha value is -0.120. The molecule has 3 heteroatoms. The molecule has 1 N–H and O–H groups in total. The summed E-state index contributed by atoms with van der Waals surface area (Å²) >= 11 is 0. The van der Waals surface area contributed by atoms with Crippen molar-refractivity contribution in [2.45, 2.75) is 18.9 Å². The molecule has 2 aliphatic rings. The number of aliphatic hydroxyl groups is 1. The molecule has 12 heavy (non-hydrogen) atoms. The Labute approximate surface area is 73.3 Å². The van der Waals surface area contributed by atoms with E-state index in [0.717, 1.165) is 32.3 Å². The molecular weight excluding hydrogens is 154 g/mol. The van der Waals surface area contributed by atoms with Crippen molar-refractivity contribution in [2.75, 3.05) is 32.9 Å². The first-order chi connectivity index (χ1) is 5.90.